The third kappa shape index (κ3) is 7.97. The highest BCUT2D eigenvalue weighted by Gasteiger charge is 2.03. The van der Waals surface area contributed by atoms with Gasteiger partial charge >= 0.3 is 0 Å². The van der Waals surface area contributed by atoms with Crippen LogP contribution in [0.3, 0.4) is 0 Å². The molecule has 2 aromatic rings. The molecular formula is C20H31N5OS. The maximum Gasteiger partial charge on any atom is 0.191 e. The standard InChI is InChI=1S/C20H31N5OS/c1-5-18-15-23-19(27-18)9-10-22-20(21-2)24-14-16-7-6-8-17(13-16)26-12-11-25(3)4/h6-8,13,15H,5,9-12,14H2,1-4H3,(H2,21,22,24). The van der Waals surface area contributed by atoms with Crippen molar-refractivity contribution >= 4 is 17.3 Å². The van der Waals surface area contributed by atoms with E-state index >= 15 is 0 Å². The molecule has 0 spiro atoms. The Bertz CT molecular complexity index is 714. The highest BCUT2D eigenvalue weighted by molar-refractivity contribution is 7.11. The van der Waals surface area contributed by atoms with Gasteiger partial charge in [-0.05, 0) is 38.2 Å². The number of aryl methyl sites for hydroxylation is 1. The third-order valence-corrected chi connectivity index (χ3v) is 5.17. The molecule has 0 radical (unpaired) electrons. The number of aliphatic imine (C=N–C) groups is 1. The third-order valence-electron chi connectivity index (χ3n) is 3.97. The molecule has 0 atom stereocenters. The molecule has 0 bridgehead atoms. The van der Waals surface area contributed by atoms with E-state index in [4.69, 9.17) is 4.74 Å². The van der Waals surface area contributed by atoms with E-state index < -0.39 is 0 Å². The molecule has 2 rings (SSSR count). The summed E-state index contributed by atoms with van der Waals surface area (Å²) in [5, 5.41) is 7.86. The fourth-order valence-electron chi connectivity index (χ4n) is 2.41. The van der Waals surface area contributed by atoms with Crippen LogP contribution in [0.4, 0.5) is 0 Å². The summed E-state index contributed by atoms with van der Waals surface area (Å²) in [7, 11) is 5.87. The Hall–Kier alpha value is -2.12. The van der Waals surface area contributed by atoms with Crippen LogP contribution in [0.15, 0.2) is 35.5 Å². The number of nitrogens with one attached hydrogen (secondary N) is 2. The minimum Gasteiger partial charge on any atom is -0.492 e. The van der Waals surface area contributed by atoms with E-state index in [1.165, 1.54) is 4.88 Å². The Morgan fingerprint density at radius 1 is 1.30 bits per heavy atom. The Balaban J connectivity index is 1.74. The Labute approximate surface area is 166 Å². The normalized spacial score (nSPS) is 11.7. The van der Waals surface area contributed by atoms with Gasteiger partial charge in [-0.15, -0.1) is 11.3 Å². The largest absolute Gasteiger partial charge is 0.492 e. The number of hydrogen-bond donors (Lipinski definition) is 2. The topological polar surface area (TPSA) is 61.8 Å². The highest BCUT2D eigenvalue weighted by atomic mass is 32.1. The molecule has 0 unspecified atom stereocenters. The number of thiazole rings is 1. The zero-order chi connectivity index (χ0) is 19.5. The molecule has 1 aromatic carbocycles. The molecule has 1 heterocycles. The molecule has 7 heteroatoms. The molecule has 27 heavy (non-hydrogen) atoms. The van der Waals surface area contributed by atoms with Crippen molar-refractivity contribution in [2.45, 2.75) is 26.3 Å². The number of benzene rings is 1. The molecule has 0 saturated carbocycles. The van der Waals surface area contributed by atoms with E-state index in [-0.39, 0.29) is 0 Å². The number of hydrogen-bond acceptors (Lipinski definition) is 5. The first kappa shape index (κ1) is 21.2. The van der Waals surface area contributed by atoms with Gasteiger partial charge in [-0.1, -0.05) is 19.1 Å². The van der Waals surface area contributed by atoms with Gasteiger partial charge in [0.15, 0.2) is 5.96 Å². The van der Waals surface area contributed by atoms with Gasteiger partial charge in [-0.2, -0.15) is 0 Å². The van der Waals surface area contributed by atoms with E-state index in [2.05, 4.69) is 44.6 Å². The van der Waals surface area contributed by atoms with Gasteiger partial charge < -0.3 is 20.3 Å². The van der Waals surface area contributed by atoms with E-state index in [1.54, 1.807) is 18.4 Å². The van der Waals surface area contributed by atoms with Crippen molar-refractivity contribution in [3.63, 3.8) is 0 Å². The molecule has 0 aliphatic rings. The summed E-state index contributed by atoms with van der Waals surface area (Å²) in [5.74, 6) is 1.69. The van der Waals surface area contributed by atoms with Crippen LogP contribution >= 0.6 is 11.3 Å². The minimum atomic E-state index is 0.684. The van der Waals surface area contributed by atoms with E-state index in [0.717, 1.165) is 48.2 Å². The Morgan fingerprint density at radius 3 is 2.85 bits per heavy atom. The first-order valence-electron chi connectivity index (χ1n) is 9.35. The molecule has 0 aliphatic heterocycles. The van der Waals surface area contributed by atoms with Crippen LogP contribution in [0.5, 0.6) is 5.75 Å². The maximum absolute atomic E-state index is 5.79. The summed E-state index contributed by atoms with van der Waals surface area (Å²) in [4.78, 5) is 12.2. The van der Waals surface area contributed by atoms with Crippen LogP contribution in [0.1, 0.15) is 22.4 Å². The highest BCUT2D eigenvalue weighted by Crippen LogP contribution is 2.14. The van der Waals surface area contributed by atoms with Crippen LogP contribution in [0, 0.1) is 0 Å². The van der Waals surface area contributed by atoms with Crippen LogP contribution in [0.2, 0.25) is 0 Å². The van der Waals surface area contributed by atoms with Gasteiger partial charge in [0.1, 0.15) is 12.4 Å². The second-order valence-corrected chi connectivity index (χ2v) is 7.68. The molecule has 6 nitrogen and oxygen atoms in total. The number of guanidine groups is 1. The van der Waals surface area contributed by atoms with Crippen molar-refractivity contribution < 1.29 is 4.74 Å². The van der Waals surface area contributed by atoms with Crippen molar-refractivity contribution in [3.8, 4) is 5.75 Å². The molecule has 2 N–H and O–H groups in total. The van der Waals surface area contributed by atoms with Crippen LogP contribution in [-0.2, 0) is 19.4 Å². The van der Waals surface area contributed by atoms with Gasteiger partial charge in [-0.3, -0.25) is 4.99 Å². The number of rotatable bonds is 10. The zero-order valence-electron chi connectivity index (χ0n) is 16.8. The molecule has 0 saturated heterocycles. The van der Waals surface area contributed by atoms with Crippen LogP contribution in [0.25, 0.3) is 0 Å². The van der Waals surface area contributed by atoms with Crippen molar-refractivity contribution in [2.75, 3.05) is 40.8 Å². The molecule has 0 fully saturated rings. The minimum absolute atomic E-state index is 0.684. The smallest absolute Gasteiger partial charge is 0.191 e. The van der Waals surface area contributed by atoms with Crippen LogP contribution < -0.4 is 15.4 Å². The average Bonchev–Trinajstić information content (AvgIpc) is 3.12. The van der Waals surface area contributed by atoms with Gasteiger partial charge in [0.25, 0.3) is 0 Å². The second-order valence-electron chi connectivity index (χ2n) is 6.48. The molecule has 1 aromatic heterocycles. The summed E-state index contributed by atoms with van der Waals surface area (Å²) in [5.41, 5.74) is 1.16. The first-order chi connectivity index (χ1) is 13.1. The summed E-state index contributed by atoms with van der Waals surface area (Å²) < 4.78 is 5.79. The van der Waals surface area contributed by atoms with Crippen LogP contribution in [-0.4, -0.2) is 56.7 Å². The van der Waals surface area contributed by atoms with Gasteiger partial charge in [0.2, 0.25) is 0 Å². The Morgan fingerprint density at radius 2 is 2.15 bits per heavy atom. The molecule has 0 aliphatic carbocycles. The second kappa shape index (κ2) is 11.6. The van der Waals surface area contributed by atoms with Gasteiger partial charge in [0, 0.05) is 44.2 Å². The van der Waals surface area contributed by atoms with Crippen molar-refractivity contribution in [1.82, 2.24) is 20.5 Å². The molecular weight excluding hydrogens is 358 g/mol. The van der Waals surface area contributed by atoms with E-state index in [0.29, 0.717) is 13.2 Å². The number of ether oxygens (including phenoxy) is 1. The zero-order valence-corrected chi connectivity index (χ0v) is 17.6. The summed E-state index contributed by atoms with van der Waals surface area (Å²) in [6.07, 6.45) is 3.92. The maximum atomic E-state index is 5.79. The van der Waals surface area contributed by atoms with Gasteiger partial charge in [0.05, 0.1) is 5.01 Å². The molecule has 0 amide bonds. The fraction of sp³-hybridized carbons (Fsp3) is 0.500. The predicted octanol–water partition coefficient (Wildman–Crippen LogP) is 2.55. The number of nitrogens with zero attached hydrogens (tertiary/aromatic N) is 3. The first-order valence-corrected chi connectivity index (χ1v) is 10.2. The van der Waals surface area contributed by atoms with E-state index in [9.17, 15) is 0 Å². The number of aromatic nitrogens is 1. The molecule has 148 valence electrons. The van der Waals surface area contributed by atoms with Crippen molar-refractivity contribution in [3.05, 3.63) is 45.9 Å². The number of likely N-dealkylation sites (N-methyl/N-ethyl adjacent to an activating group) is 1. The van der Waals surface area contributed by atoms with E-state index in [1.807, 2.05) is 32.4 Å². The average molecular weight is 390 g/mol. The summed E-state index contributed by atoms with van der Waals surface area (Å²) in [6.45, 7) is 5.25. The van der Waals surface area contributed by atoms with Crippen molar-refractivity contribution in [2.24, 2.45) is 4.99 Å². The lowest BCUT2D eigenvalue weighted by Crippen LogP contribution is -2.37. The fourth-order valence-corrected chi connectivity index (χ4v) is 3.27. The Kier molecular flexibility index (Phi) is 9.07. The summed E-state index contributed by atoms with van der Waals surface area (Å²) >= 11 is 1.78. The summed E-state index contributed by atoms with van der Waals surface area (Å²) in [6, 6.07) is 8.16. The van der Waals surface area contributed by atoms with Gasteiger partial charge in [-0.25, -0.2) is 4.98 Å². The lowest BCUT2D eigenvalue weighted by molar-refractivity contribution is 0.261. The lowest BCUT2D eigenvalue weighted by Gasteiger charge is -2.13. The lowest BCUT2D eigenvalue weighted by atomic mass is 10.2. The monoisotopic (exact) mass is 389 g/mol. The quantitative estimate of drug-likeness (QED) is 0.483. The predicted molar refractivity (Wildman–Crippen MR) is 114 cm³/mol. The van der Waals surface area contributed by atoms with Crippen molar-refractivity contribution in [1.29, 1.82) is 0 Å². The SMILES string of the molecule is CCc1cnc(CCNC(=NC)NCc2cccc(OCCN(C)C)c2)s1.